The zero-order valence-electron chi connectivity index (χ0n) is 8.55. The van der Waals surface area contributed by atoms with Gasteiger partial charge in [-0.2, -0.15) is 0 Å². The molecular formula is C11H16ClNO. The first-order valence-corrected chi connectivity index (χ1v) is 5.01. The average Bonchev–Trinajstić information content (AvgIpc) is 2.02. The lowest BCUT2D eigenvalue weighted by molar-refractivity contribution is 0.252. The van der Waals surface area contributed by atoms with Gasteiger partial charge in [-0.05, 0) is 35.6 Å². The standard InChI is InChI=1S/C11H16ClNO/c1-11(2,3-4-14)8-5-9(12)7-10(13)6-8/h5-7,14H,3-4,13H2,1-2H3. The molecule has 0 radical (unpaired) electrons. The SMILES string of the molecule is CC(C)(CCO)c1cc(N)cc(Cl)c1. The van der Waals surface area contributed by atoms with Crippen LogP contribution in [0.3, 0.4) is 0 Å². The zero-order chi connectivity index (χ0) is 10.8. The van der Waals surface area contributed by atoms with Gasteiger partial charge in [0.1, 0.15) is 0 Å². The Morgan fingerprint density at radius 1 is 1.36 bits per heavy atom. The molecular weight excluding hydrogens is 198 g/mol. The maximum atomic E-state index is 8.94. The van der Waals surface area contributed by atoms with Crippen molar-refractivity contribution in [2.75, 3.05) is 12.3 Å². The molecule has 0 heterocycles. The zero-order valence-corrected chi connectivity index (χ0v) is 9.30. The Balaban J connectivity index is 3.05. The first kappa shape index (κ1) is 11.3. The fraction of sp³-hybridized carbons (Fsp3) is 0.455. The first-order valence-electron chi connectivity index (χ1n) is 4.63. The monoisotopic (exact) mass is 213 g/mol. The van der Waals surface area contributed by atoms with E-state index in [4.69, 9.17) is 22.4 Å². The summed E-state index contributed by atoms with van der Waals surface area (Å²) >= 11 is 5.91. The van der Waals surface area contributed by atoms with Crippen molar-refractivity contribution in [3.05, 3.63) is 28.8 Å². The molecule has 2 nitrogen and oxygen atoms in total. The molecule has 0 saturated carbocycles. The second-order valence-electron chi connectivity index (χ2n) is 4.13. The van der Waals surface area contributed by atoms with Crippen LogP contribution in [0.4, 0.5) is 5.69 Å². The van der Waals surface area contributed by atoms with Crippen LogP contribution in [0.25, 0.3) is 0 Å². The van der Waals surface area contributed by atoms with Gasteiger partial charge < -0.3 is 10.8 Å². The molecule has 0 atom stereocenters. The fourth-order valence-corrected chi connectivity index (χ4v) is 1.67. The van der Waals surface area contributed by atoms with Crippen molar-refractivity contribution >= 4 is 17.3 Å². The number of aliphatic hydroxyl groups excluding tert-OH is 1. The highest BCUT2D eigenvalue weighted by Crippen LogP contribution is 2.30. The van der Waals surface area contributed by atoms with E-state index in [2.05, 4.69) is 13.8 Å². The van der Waals surface area contributed by atoms with E-state index in [1.54, 1.807) is 6.07 Å². The Morgan fingerprint density at radius 3 is 2.50 bits per heavy atom. The van der Waals surface area contributed by atoms with Crippen LogP contribution < -0.4 is 5.73 Å². The van der Waals surface area contributed by atoms with Crippen LogP contribution in [-0.2, 0) is 5.41 Å². The summed E-state index contributed by atoms with van der Waals surface area (Å²) in [6, 6.07) is 5.52. The van der Waals surface area contributed by atoms with E-state index in [0.717, 1.165) is 5.56 Å². The van der Waals surface area contributed by atoms with E-state index in [9.17, 15) is 0 Å². The molecule has 3 N–H and O–H groups in total. The number of hydrogen-bond donors (Lipinski definition) is 2. The van der Waals surface area contributed by atoms with Crippen molar-refractivity contribution in [2.24, 2.45) is 0 Å². The van der Waals surface area contributed by atoms with Gasteiger partial charge >= 0.3 is 0 Å². The van der Waals surface area contributed by atoms with Crippen LogP contribution in [0.15, 0.2) is 18.2 Å². The van der Waals surface area contributed by atoms with Gasteiger partial charge in [-0.3, -0.25) is 0 Å². The third-order valence-electron chi connectivity index (χ3n) is 2.44. The minimum absolute atomic E-state index is 0.0895. The van der Waals surface area contributed by atoms with E-state index >= 15 is 0 Å². The van der Waals surface area contributed by atoms with Crippen molar-refractivity contribution in [1.29, 1.82) is 0 Å². The van der Waals surface area contributed by atoms with Crippen molar-refractivity contribution in [2.45, 2.75) is 25.7 Å². The summed E-state index contributed by atoms with van der Waals surface area (Å²) < 4.78 is 0. The highest BCUT2D eigenvalue weighted by Gasteiger charge is 2.20. The molecule has 0 aromatic heterocycles. The highest BCUT2D eigenvalue weighted by atomic mass is 35.5. The van der Waals surface area contributed by atoms with Crippen LogP contribution in [0, 0.1) is 0 Å². The van der Waals surface area contributed by atoms with Gasteiger partial charge in [0.15, 0.2) is 0 Å². The normalized spacial score (nSPS) is 11.7. The summed E-state index contributed by atoms with van der Waals surface area (Å²) in [4.78, 5) is 0. The Kier molecular flexibility index (Phi) is 3.40. The van der Waals surface area contributed by atoms with Gasteiger partial charge in [0.25, 0.3) is 0 Å². The van der Waals surface area contributed by atoms with Crippen LogP contribution in [-0.4, -0.2) is 11.7 Å². The van der Waals surface area contributed by atoms with E-state index in [-0.39, 0.29) is 12.0 Å². The molecule has 0 saturated heterocycles. The van der Waals surface area contributed by atoms with Crippen molar-refractivity contribution in [3.8, 4) is 0 Å². The molecule has 1 rings (SSSR count). The number of hydrogen-bond acceptors (Lipinski definition) is 2. The topological polar surface area (TPSA) is 46.2 Å². The van der Waals surface area contributed by atoms with E-state index < -0.39 is 0 Å². The summed E-state index contributed by atoms with van der Waals surface area (Å²) in [6.07, 6.45) is 0.701. The number of rotatable bonds is 3. The molecule has 3 heteroatoms. The number of benzene rings is 1. The van der Waals surface area contributed by atoms with E-state index in [1.807, 2.05) is 12.1 Å². The second-order valence-corrected chi connectivity index (χ2v) is 4.57. The van der Waals surface area contributed by atoms with Crippen LogP contribution in [0.1, 0.15) is 25.8 Å². The molecule has 1 aromatic carbocycles. The lowest BCUT2D eigenvalue weighted by Gasteiger charge is -2.24. The molecule has 0 aliphatic carbocycles. The number of nitrogens with two attached hydrogens (primary N) is 1. The Labute approximate surface area is 89.7 Å². The maximum Gasteiger partial charge on any atom is 0.0439 e. The molecule has 1 aromatic rings. The van der Waals surface area contributed by atoms with E-state index in [0.29, 0.717) is 17.1 Å². The minimum atomic E-state index is -0.0895. The smallest absolute Gasteiger partial charge is 0.0439 e. The van der Waals surface area contributed by atoms with Crippen molar-refractivity contribution in [1.82, 2.24) is 0 Å². The second kappa shape index (κ2) is 4.20. The van der Waals surface area contributed by atoms with E-state index in [1.165, 1.54) is 0 Å². The molecule has 0 unspecified atom stereocenters. The number of anilines is 1. The molecule has 0 aliphatic rings. The summed E-state index contributed by atoms with van der Waals surface area (Å²) in [5, 5.41) is 9.58. The molecule has 0 spiro atoms. The van der Waals surface area contributed by atoms with Crippen molar-refractivity contribution < 1.29 is 5.11 Å². The number of halogens is 1. The van der Waals surface area contributed by atoms with Gasteiger partial charge in [0, 0.05) is 17.3 Å². The Hall–Kier alpha value is -0.730. The molecule has 0 fully saturated rings. The number of nitrogen functional groups attached to an aromatic ring is 1. The summed E-state index contributed by atoms with van der Waals surface area (Å²) in [5.74, 6) is 0. The predicted octanol–water partition coefficient (Wildman–Crippen LogP) is 2.58. The molecule has 14 heavy (non-hydrogen) atoms. The third kappa shape index (κ3) is 2.63. The first-order chi connectivity index (χ1) is 6.45. The highest BCUT2D eigenvalue weighted by molar-refractivity contribution is 6.30. The minimum Gasteiger partial charge on any atom is -0.399 e. The molecule has 0 amide bonds. The molecule has 78 valence electrons. The lowest BCUT2D eigenvalue weighted by Crippen LogP contribution is -2.19. The Morgan fingerprint density at radius 2 is 2.00 bits per heavy atom. The quantitative estimate of drug-likeness (QED) is 0.759. The maximum absolute atomic E-state index is 8.94. The van der Waals surface area contributed by atoms with Gasteiger partial charge in [-0.1, -0.05) is 25.4 Å². The van der Waals surface area contributed by atoms with Gasteiger partial charge in [0.05, 0.1) is 0 Å². The van der Waals surface area contributed by atoms with Crippen molar-refractivity contribution in [3.63, 3.8) is 0 Å². The lowest BCUT2D eigenvalue weighted by atomic mass is 9.82. The third-order valence-corrected chi connectivity index (χ3v) is 2.66. The average molecular weight is 214 g/mol. The van der Waals surface area contributed by atoms with Crippen LogP contribution >= 0.6 is 11.6 Å². The van der Waals surface area contributed by atoms with Gasteiger partial charge in [0.2, 0.25) is 0 Å². The largest absolute Gasteiger partial charge is 0.399 e. The van der Waals surface area contributed by atoms with Gasteiger partial charge in [-0.25, -0.2) is 0 Å². The van der Waals surface area contributed by atoms with Crippen LogP contribution in [0.5, 0.6) is 0 Å². The summed E-state index contributed by atoms with van der Waals surface area (Å²) in [7, 11) is 0. The number of aliphatic hydroxyl groups is 1. The molecule has 0 bridgehead atoms. The molecule has 0 aliphatic heterocycles. The van der Waals surface area contributed by atoms with Crippen LogP contribution in [0.2, 0.25) is 5.02 Å². The van der Waals surface area contributed by atoms with Gasteiger partial charge in [-0.15, -0.1) is 0 Å². The fourth-order valence-electron chi connectivity index (χ4n) is 1.43. The predicted molar refractivity (Wildman–Crippen MR) is 60.6 cm³/mol. The summed E-state index contributed by atoms with van der Waals surface area (Å²) in [6.45, 7) is 4.29. The summed E-state index contributed by atoms with van der Waals surface area (Å²) in [5.41, 5.74) is 7.35. The Bertz CT molecular complexity index is 303.